The lowest BCUT2D eigenvalue weighted by molar-refractivity contribution is -0.143. The molecule has 0 aromatic heterocycles. The zero-order valence-corrected chi connectivity index (χ0v) is 10.0. The van der Waals surface area contributed by atoms with Crippen molar-refractivity contribution >= 4 is 21.9 Å². The SMILES string of the molecule is COCC(Cc1cccc(Br)c1)C(=O)O. The van der Waals surface area contributed by atoms with Crippen LogP contribution in [-0.4, -0.2) is 24.8 Å². The Labute approximate surface area is 97.2 Å². The Morgan fingerprint density at radius 1 is 1.60 bits per heavy atom. The maximum Gasteiger partial charge on any atom is 0.309 e. The Balaban J connectivity index is 2.69. The van der Waals surface area contributed by atoms with E-state index in [1.165, 1.54) is 7.11 Å². The molecule has 1 unspecified atom stereocenters. The van der Waals surface area contributed by atoms with Crippen molar-refractivity contribution in [1.82, 2.24) is 0 Å². The van der Waals surface area contributed by atoms with Crippen LogP contribution in [0.25, 0.3) is 0 Å². The summed E-state index contributed by atoms with van der Waals surface area (Å²) in [4.78, 5) is 10.9. The number of carbonyl (C=O) groups is 1. The van der Waals surface area contributed by atoms with Crippen molar-refractivity contribution in [2.24, 2.45) is 5.92 Å². The maximum atomic E-state index is 10.9. The summed E-state index contributed by atoms with van der Waals surface area (Å²) in [7, 11) is 1.51. The molecule has 0 aliphatic rings. The van der Waals surface area contributed by atoms with Crippen LogP contribution < -0.4 is 0 Å². The third-order valence-corrected chi connectivity index (χ3v) is 2.58. The molecule has 0 heterocycles. The molecule has 1 rings (SSSR count). The predicted molar refractivity (Wildman–Crippen MR) is 60.8 cm³/mol. The minimum absolute atomic E-state index is 0.238. The van der Waals surface area contributed by atoms with Crippen molar-refractivity contribution < 1.29 is 14.6 Å². The summed E-state index contributed by atoms with van der Waals surface area (Å²) in [5, 5.41) is 8.94. The topological polar surface area (TPSA) is 46.5 Å². The van der Waals surface area contributed by atoms with Gasteiger partial charge < -0.3 is 9.84 Å². The van der Waals surface area contributed by atoms with E-state index in [1.807, 2.05) is 24.3 Å². The summed E-state index contributed by atoms with van der Waals surface area (Å²) in [5.74, 6) is -1.30. The number of halogens is 1. The molecule has 15 heavy (non-hydrogen) atoms. The van der Waals surface area contributed by atoms with E-state index in [-0.39, 0.29) is 6.61 Å². The van der Waals surface area contributed by atoms with Gasteiger partial charge in [-0.15, -0.1) is 0 Å². The average molecular weight is 273 g/mol. The monoisotopic (exact) mass is 272 g/mol. The van der Waals surface area contributed by atoms with Crippen LogP contribution in [0.5, 0.6) is 0 Å². The van der Waals surface area contributed by atoms with Crippen LogP contribution in [0.4, 0.5) is 0 Å². The second kappa shape index (κ2) is 5.88. The van der Waals surface area contributed by atoms with Crippen LogP contribution in [0, 0.1) is 5.92 Å². The summed E-state index contributed by atoms with van der Waals surface area (Å²) in [6.07, 6.45) is 0.489. The fourth-order valence-corrected chi connectivity index (χ4v) is 1.81. The van der Waals surface area contributed by atoms with Gasteiger partial charge in [0.1, 0.15) is 0 Å². The molecule has 3 nitrogen and oxygen atoms in total. The first kappa shape index (κ1) is 12.2. The number of ether oxygens (including phenoxy) is 1. The summed E-state index contributed by atoms with van der Waals surface area (Å²) in [6, 6.07) is 7.64. The molecule has 82 valence electrons. The molecule has 0 fully saturated rings. The number of aliphatic carboxylic acids is 1. The number of rotatable bonds is 5. The first-order valence-corrected chi connectivity index (χ1v) is 5.39. The van der Waals surface area contributed by atoms with E-state index in [2.05, 4.69) is 15.9 Å². The van der Waals surface area contributed by atoms with E-state index in [9.17, 15) is 4.79 Å². The Morgan fingerprint density at radius 2 is 2.33 bits per heavy atom. The van der Waals surface area contributed by atoms with Gasteiger partial charge in [-0.25, -0.2) is 0 Å². The molecular weight excluding hydrogens is 260 g/mol. The molecule has 0 saturated heterocycles. The van der Waals surface area contributed by atoms with E-state index in [0.29, 0.717) is 6.42 Å². The normalized spacial score (nSPS) is 12.4. The van der Waals surface area contributed by atoms with E-state index >= 15 is 0 Å². The van der Waals surface area contributed by atoms with Gasteiger partial charge in [0.25, 0.3) is 0 Å². The molecule has 0 amide bonds. The largest absolute Gasteiger partial charge is 0.481 e. The van der Waals surface area contributed by atoms with Crippen molar-refractivity contribution in [1.29, 1.82) is 0 Å². The van der Waals surface area contributed by atoms with Gasteiger partial charge in [-0.3, -0.25) is 4.79 Å². The number of benzene rings is 1. The van der Waals surface area contributed by atoms with Gasteiger partial charge in [0, 0.05) is 11.6 Å². The van der Waals surface area contributed by atoms with E-state index in [0.717, 1.165) is 10.0 Å². The standard InChI is InChI=1S/C11H13BrO3/c1-15-7-9(11(13)14)5-8-3-2-4-10(12)6-8/h2-4,6,9H,5,7H2,1H3,(H,13,14). The number of hydrogen-bond donors (Lipinski definition) is 1. The van der Waals surface area contributed by atoms with Crippen molar-refractivity contribution in [3.63, 3.8) is 0 Å². The molecule has 0 spiro atoms. The molecular formula is C11H13BrO3. The van der Waals surface area contributed by atoms with Gasteiger partial charge in [0.2, 0.25) is 0 Å². The molecule has 0 bridgehead atoms. The summed E-state index contributed by atoms with van der Waals surface area (Å²) in [5.41, 5.74) is 0.994. The highest BCUT2D eigenvalue weighted by atomic mass is 79.9. The minimum Gasteiger partial charge on any atom is -0.481 e. The van der Waals surface area contributed by atoms with Crippen LogP contribution in [0.15, 0.2) is 28.7 Å². The lowest BCUT2D eigenvalue weighted by atomic mass is 10.0. The lowest BCUT2D eigenvalue weighted by Crippen LogP contribution is -2.21. The highest BCUT2D eigenvalue weighted by molar-refractivity contribution is 9.10. The smallest absolute Gasteiger partial charge is 0.309 e. The van der Waals surface area contributed by atoms with E-state index < -0.39 is 11.9 Å². The van der Waals surface area contributed by atoms with Gasteiger partial charge in [-0.1, -0.05) is 28.1 Å². The summed E-state index contributed by atoms with van der Waals surface area (Å²) in [6.45, 7) is 0.238. The van der Waals surface area contributed by atoms with Gasteiger partial charge in [0.15, 0.2) is 0 Å². The molecule has 0 saturated carbocycles. The number of carboxylic acid groups (broad SMARTS) is 1. The predicted octanol–water partition coefficient (Wildman–Crippen LogP) is 2.34. The fraction of sp³-hybridized carbons (Fsp3) is 0.364. The van der Waals surface area contributed by atoms with Gasteiger partial charge in [-0.05, 0) is 24.1 Å². The number of hydrogen-bond acceptors (Lipinski definition) is 2. The van der Waals surface area contributed by atoms with Crippen molar-refractivity contribution in [3.05, 3.63) is 34.3 Å². The second-order valence-electron chi connectivity index (χ2n) is 3.32. The summed E-state index contributed by atoms with van der Waals surface area (Å²) >= 11 is 3.35. The molecule has 1 aromatic carbocycles. The zero-order valence-electron chi connectivity index (χ0n) is 8.44. The number of methoxy groups -OCH3 is 1. The Morgan fingerprint density at radius 3 is 2.87 bits per heavy atom. The van der Waals surface area contributed by atoms with Crippen LogP contribution in [-0.2, 0) is 16.0 Å². The molecule has 1 atom stereocenters. The lowest BCUT2D eigenvalue weighted by Gasteiger charge is -2.11. The van der Waals surface area contributed by atoms with Crippen molar-refractivity contribution in [2.45, 2.75) is 6.42 Å². The highest BCUT2D eigenvalue weighted by Gasteiger charge is 2.17. The van der Waals surface area contributed by atoms with E-state index in [4.69, 9.17) is 9.84 Å². The second-order valence-corrected chi connectivity index (χ2v) is 4.24. The minimum atomic E-state index is -0.822. The molecule has 4 heteroatoms. The van der Waals surface area contributed by atoms with Crippen molar-refractivity contribution in [2.75, 3.05) is 13.7 Å². The Hall–Kier alpha value is -0.870. The zero-order chi connectivity index (χ0) is 11.3. The van der Waals surface area contributed by atoms with Crippen LogP contribution in [0.2, 0.25) is 0 Å². The maximum absolute atomic E-state index is 10.9. The van der Waals surface area contributed by atoms with Gasteiger partial charge in [0.05, 0.1) is 12.5 Å². The third-order valence-electron chi connectivity index (χ3n) is 2.09. The van der Waals surface area contributed by atoms with Crippen LogP contribution in [0.1, 0.15) is 5.56 Å². The van der Waals surface area contributed by atoms with Gasteiger partial charge >= 0.3 is 5.97 Å². The van der Waals surface area contributed by atoms with Crippen molar-refractivity contribution in [3.8, 4) is 0 Å². The third kappa shape index (κ3) is 4.01. The van der Waals surface area contributed by atoms with Gasteiger partial charge in [-0.2, -0.15) is 0 Å². The first-order valence-electron chi connectivity index (χ1n) is 4.59. The Kier molecular flexibility index (Phi) is 4.78. The first-order chi connectivity index (χ1) is 7.13. The van der Waals surface area contributed by atoms with Crippen LogP contribution in [0.3, 0.4) is 0 Å². The molecule has 0 aliphatic heterocycles. The molecule has 1 N–H and O–H groups in total. The van der Waals surface area contributed by atoms with Crippen LogP contribution >= 0.6 is 15.9 Å². The van der Waals surface area contributed by atoms with E-state index in [1.54, 1.807) is 0 Å². The average Bonchev–Trinajstić information content (AvgIpc) is 2.17. The Bertz CT molecular complexity index is 338. The highest BCUT2D eigenvalue weighted by Crippen LogP contribution is 2.15. The fourth-order valence-electron chi connectivity index (χ4n) is 1.37. The molecule has 1 aromatic rings. The summed E-state index contributed by atoms with van der Waals surface area (Å²) < 4.78 is 5.83. The number of carboxylic acids is 1. The quantitative estimate of drug-likeness (QED) is 0.895. The molecule has 0 radical (unpaired) electrons. The molecule has 0 aliphatic carbocycles.